The minimum atomic E-state index is -0.319. The summed E-state index contributed by atoms with van der Waals surface area (Å²) in [6.07, 6.45) is 0.167. The highest BCUT2D eigenvalue weighted by molar-refractivity contribution is 5.83. The lowest BCUT2D eigenvalue weighted by Crippen LogP contribution is -2.28. The molecule has 0 unspecified atom stereocenters. The Hall–Kier alpha value is -3.40. The van der Waals surface area contributed by atoms with Crippen molar-refractivity contribution in [3.63, 3.8) is 0 Å². The van der Waals surface area contributed by atoms with Gasteiger partial charge in [0.25, 0.3) is 6.01 Å². The van der Waals surface area contributed by atoms with Crippen LogP contribution in [0.2, 0.25) is 0 Å². The second-order valence-electron chi connectivity index (χ2n) is 7.01. The lowest BCUT2D eigenvalue weighted by Gasteiger charge is -2.17. The van der Waals surface area contributed by atoms with Gasteiger partial charge in [0.1, 0.15) is 6.61 Å². The molecule has 0 fully saturated rings. The summed E-state index contributed by atoms with van der Waals surface area (Å²) >= 11 is 0. The number of carbonyl (C=O) groups is 1. The average molecular weight is 428 g/mol. The maximum Gasteiger partial charge on any atom is 0.320 e. The Bertz CT molecular complexity index is 1050. The van der Waals surface area contributed by atoms with Crippen molar-refractivity contribution < 1.29 is 19.4 Å². The molecule has 0 aliphatic carbocycles. The quantitative estimate of drug-likeness (QED) is 0.463. The third-order valence-corrected chi connectivity index (χ3v) is 5.02. The molecule has 10 heteroatoms. The number of methoxy groups -OCH3 is 1. The Morgan fingerprint density at radius 1 is 1.19 bits per heavy atom. The SMILES string of the molecule is CCN(CC)CCOc1nc(N)c2nc(O)n(Cc3cccc(CC(=O)OC)c3)c2n1. The van der Waals surface area contributed by atoms with Crippen molar-refractivity contribution in [1.82, 2.24) is 24.4 Å². The zero-order chi connectivity index (χ0) is 22.4. The van der Waals surface area contributed by atoms with Gasteiger partial charge in [-0.15, -0.1) is 0 Å². The Balaban J connectivity index is 1.84. The number of fused-ring (bicyclic) bond motifs is 1. The van der Waals surface area contributed by atoms with E-state index in [2.05, 4.69) is 33.7 Å². The normalized spacial score (nSPS) is 11.2. The fourth-order valence-corrected chi connectivity index (χ4v) is 3.27. The van der Waals surface area contributed by atoms with Crippen molar-refractivity contribution in [2.75, 3.05) is 39.1 Å². The van der Waals surface area contributed by atoms with Crippen LogP contribution in [0.5, 0.6) is 12.0 Å². The van der Waals surface area contributed by atoms with Crippen LogP contribution in [0.3, 0.4) is 0 Å². The number of rotatable bonds is 10. The second-order valence-corrected chi connectivity index (χ2v) is 7.01. The van der Waals surface area contributed by atoms with E-state index in [0.29, 0.717) is 17.8 Å². The lowest BCUT2D eigenvalue weighted by molar-refractivity contribution is -0.139. The topological polar surface area (TPSA) is 129 Å². The van der Waals surface area contributed by atoms with Crippen LogP contribution in [0.1, 0.15) is 25.0 Å². The number of hydrogen-bond acceptors (Lipinski definition) is 9. The van der Waals surface area contributed by atoms with Crippen LogP contribution >= 0.6 is 0 Å². The van der Waals surface area contributed by atoms with E-state index in [1.54, 1.807) is 0 Å². The van der Waals surface area contributed by atoms with Gasteiger partial charge in [0.2, 0.25) is 0 Å². The van der Waals surface area contributed by atoms with Gasteiger partial charge in [0, 0.05) is 6.54 Å². The van der Waals surface area contributed by atoms with Gasteiger partial charge >= 0.3 is 12.0 Å². The minimum absolute atomic E-state index is 0.135. The third kappa shape index (κ3) is 5.40. The number of benzene rings is 1. The van der Waals surface area contributed by atoms with Crippen LogP contribution < -0.4 is 10.5 Å². The van der Waals surface area contributed by atoms with Crippen LogP contribution in [-0.4, -0.2) is 68.8 Å². The standard InChI is InChI=1S/C21H28N6O4/c1-4-26(5-2)9-10-31-20-24-18(22)17-19(25-20)27(21(29)23-17)13-15-8-6-7-14(11-15)12-16(28)30-3/h6-8,11H,4-5,9-10,12-13H2,1-3H3,(H,23,29)(H2,22,24,25). The fourth-order valence-electron chi connectivity index (χ4n) is 3.27. The summed E-state index contributed by atoms with van der Waals surface area (Å²) in [6.45, 7) is 7.48. The van der Waals surface area contributed by atoms with Gasteiger partial charge in [0.15, 0.2) is 17.0 Å². The molecular weight excluding hydrogens is 400 g/mol. The Morgan fingerprint density at radius 3 is 2.65 bits per heavy atom. The number of hydrogen-bond donors (Lipinski definition) is 2. The molecule has 0 saturated heterocycles. The number of anilines is 1. The maximum absolute atomic E-state index is 11.6. The smallest absolute Gasteiger partial charge is 0.320 e. The van der Waals surface area contributed by atoms with Crippen molar-refractivity contribution >= 4 is 23.0 Å². The summed E-state index contributed by atoms with van der Waals surface area (Å²) in [5, 5.41) is 10.4. The Labute approximate surface area is 180 Å². The van der Waals surface area contributed by atoms with E-state index in [9.17, 15) is 9.90 Å². The van der Waals surface area contributed by atoms with E-state index in [1.165, 1.54) is 11.7 Å². The number of nitrogen functional groups attached to an aromatic ring is 1. The molecule has 0 aliphatic rings. The summed E-state index contributed by atoms with van der Waals surface area (Å²) in [4.78, 5) is 26.5. The van der Waals surface area contributed by atoms with Crippen LogP contribution in [0.25, 0.3) is 11.2 Å². The number of nitrogens with zero attached hydrogens (tertiary/aromatic N) is 5. The molecule has 3 aromatic rings. The minimum Gasteiger partial charge on any atom is -0.480 e. The summed E-state index contributed by atoms with van der Waals surface area (Å²) in [7, 11) is 1.35. The van der Waals surface area contributed by atoms with Gasteiger partial charge in [-0.2, -0.15) is 15.0 Å². The van der Waals surface area contributed by atoms with Crippen molar-refractivity contribution in [1.29, 1.82) is 0 Å². The average Bonchev–Trinajstić information content (AvgIpc) is 3.07. The summed E-state index contributed by atoms with van der Waals surface area (Å²) < 4.78 is 12.0. The van der Waals surface area contributed by atoms with Gasteiger partial charge < -0.3 is 25.2 Å². The van der Waals surface area contributed by atoms with Crippen molar-refractivity contribution in [3.8, 4) is 12.0 Å². The van der Waals surface area contributed by atoms with E-state index in [1.807, 2.05) is 24.3 Å². The van der Waals surface area contributed by atoms with Crippen molar-refractivity contribution in [2.24, 2.45) is 0 Å². The highest BCUT2D eigenvalue weighted by Gasteiger charge is 2.17. The van der Waals surface area contributed by atoms with Crippen LogP contribution in [-0.2, 0) is 22.5 Å². The molecule has 0 amide bonds. The van der Waals surface area contributed by atoms with Gasteiger partial charge in [-0.05, 0) is 24.2 Å². The van der Waals surface area contributed by atoms with Crippen LogP contribution in [0.4, 0.5) is 5.82 Å². The molecule has 0 spiro atoms. The first kappa shape index (κ1) is 22.3. The number of aromatic nitrogens is 4. The van der Waals surface area contributed by atoms with Gasteiger partial charge in [-0.25, -0.2) is 0 Å². The maximum atomic E-state index is 11.6. The molecule has 1 aromatic carbocycles. The van der Waals surface area contributed by atoms with E-state index < -0.39 is 0 Å². The predicted molar refractivity (Wildman–Crippen MR) is 116 cm³/mol. The van der Waals surface area contributed by atoms with Gasteiger partial charge in [0.05, 0.1) is 20.1 Å². The number of esters is 1. The molecule has 10 nitrogen and oxygen atoms in total. The molecule has 2 aromatic heterocycles. The van der Waals surface area contributed by atoms with E-state index in [-0.39, 0.29) is 36.8 Å². The van der Waals surface area contributed by atoms with Gasteiger partial charge in [-0.3, -0.25) is 9.36 Å². The zero-order valence-corrected chi connectivity index (χ0v) is 18.0. The van der Waals surface area contributed by atoms with Gasteiger partial charge in [-0.1, -0.05) is 38.1 Å². The number of ether oxygens (including phenoxy) is 2. The zero-order valence-electron chi connectivity index (χ0n) is 18.0. The van der Waals surface area contributed by atoms with Crippen LogP contribution in [0.15, 0.2) is 24.3 Å². The van der Waals surface area contributed by atoms with E-state index >= 15 is 0 Å². The molecule has 2 heterocycles. The first-order valence-electron chi connectivity index (χ1n) is 10.2. The number of carbonyl (C=O) groups excluding carboxylic acids is 1. The van der Waals surface area contributed by atoms with E-state index in [4.69, 9.17) is 15.2 Å². The van der Waals surface area contributed by atoms with Crippen molar-refractivity contribution in [2.45, 2.75) is 26.8 Å². The molecular formula is C21H28N6O4. The largest absolute Gasteiger partial charge is 0.480 e. The lowest BCUT2D eigenvalue weighted by atomic mass is 10.1. The monoisotopic (exact) mass is 428 g/mol. The predicted octanol–water partition coefficient (Wildman–Crippen LogP) is 1.60. The number of imidazole rings is 1. The Kier molecular flexibility index (Phi) is 7.24. The first-order chi connectivity index (χ1) is 14.9. The summed E-state index contributed by atoms with van der Waals surface area (Å²) in [6, 6.07) is 7.35. The summed E-state index contributed by atoms with van der Waals surface area (Å²) in [5.41, 5.74) is 8.38. The first-order valence-corrected chi connectivity index (χ1v) is 10.2. The van der Waals surface area contributed by atoms with Crippen LogP contribution in [0, 0.1) is 0 Å². The third-order valence-electron chi connectivity index (χ3n) is 5.02. The molecule has 0 radical (unpaired) electrons. The second kappa shape index (κ2) is 10.1. The highest BCUT2D eigenvalue weighted by atomic mass is 16.5. The van der Waals surface area contributed by atoms with E-state index in [0.717, 1.165) is 30.8 Å². The number of likely N-dealkylation sites (N-methyl/N-ethyl adjacent to an activating group) is 1. The highest BCUT2D eigenvalue weighted by Crippen LogP contribution is 2.26. The molecule has 31 heavy (non-hydrogen) atoms. The fraction of sp³-hybridized carbons (Fsp3) is 0.429. The molecule has 0 bridgehead atoms. The molecule has 0 aliphatic heterocycles. The Morgan fingerprint density at radius 2 is 1.94 bits per heavy atom. The molecule has 3 rings (SSSR count). The molecule has 166 valence electrons. The number of aromatic hydroxyl groups is 1. The molecule has 0 atom stereocenters. The van der Waals surface area contributed by atoms with Crippen molar-refractivity contribution in [3.05, 3.63) is 35.4 Å². The number of nitrogens with two attached hydrogens (primary N) is 1. The molecule has 3 N–H and O–H groups in total. The summed E-state index contributed by atoms with van der Waals surface area (Å²) in [5.74, 6) is -0.184. The molecule has 0 saturated carbocycles.